The van der Waals surface area contributed by atoms with Gasteiger partial charge in [-0.3, -0.25) is 9.69 Å². The molecule has 0 radical (unpaired) electrons. The van der Waals surface area contributed by atoms with Crippen LogP contribution in [0.3, 0.4) is 0 Å². The van der Waals surface area contributed by atoms with E-state index in [2.05, 4.69) is 20.9 Å². The van der Waals surface area contributed by atoms with Crippen molar-refractivity contribution in [3.63, 3.8) is 0 Å². The van der Waals surface area contributed by atoms with Crippen molar-refractivity contribution in [3.05, 3.63) is 23.9 Å². The van der Waals surface area contributed by atoms with E-state index < -0.39 is 0 Å². The molecule has 0 aromatic carbocycles. The summed E-state index contributed by atoms with van der Waals surface area (Å²) < 4.78 is 5.75. The maximum absolute atomic E-state index is 12.4. The van der Waals surface area contributed by atoms with E-state index in [-0.39, 0.29) is 6.10 Å². The number of likely N-dealkylation sites (tertiary alicyclic amines) is 2. The Balaban J connectivity index is 1.33. The van der Waals surface area contributed by atoms with Gasteiger partial charge in [-0.05, 0) is 56.7 Å². The lowest BCUT2D eigenvalue weighted by molar-refractivity contribution is -0.141. The van der Waals surface area contributed by atoms with Gasteiger partial charge in [0.15, 0.2) is 0 Å². The van der Waals surface area contributed by atoms with Crippen LogP contribution in [0, 0.1) is 5.41 Å². The first-order chi connectivity index (χ1) is 12.6. The first kappa shape index (κ1) is 17.7. The first-order valence-corrected chi connectivity index (χ1v) is 9.95. The van der Waals surface area contributed by atoms with E-state index in [0.717, 1.165) is 77.0 Å². The quantitative estimate of drug-likeness (QED) is 0.892. The minimum atomic E-state index is 0.253. The molecule has 1 aromatic rings. The topological polar surface area (TPSA) is 71.7 Å². The predicted molar refractivity (Wildman–Crippen MR) is 100 cm³/mol. The van der Waals surface area contributed by atoms with Crippen molar-refractivity contribution in [1.29, 1.82) is 0 Å². The Morgan fingerprint density at radius 3 is 2.88 bits per heavy atom. The molecule has 0 aliphatic carbocycles. The van der Waals surface area contributed by atoms with Crippen LogP contribution in [0.25, 0.3) is 0 Å². The van der Waals surface area contributed by atoms with Gasteiger partial charge in [-0.2, -0.15) is 0 Å². The normalized spacial score (nSPS) is 26.5. The molecule has 3 saturated heterocycles. The Morgan fingerprint density at radius 1 is 1.31 bits per heavy atom. The summed E-state index contributed by atoms with van der Waals surface area (Å²) >= 11 is 0. The van der Waals surface area contributed by atoms with Crippen molar-refractivity contribution in [2.75, 3.05) is 38.5 Å². The molecule has 2 N–H and O–H groups in total. The van der Waals surface area contributed by atoms with Crippen molar-refractivity contribution < 1.29 is 9.53 Å². The second kappa shape index (κ2) is 7.53. The maximum atomic E-state index is 12.4. The summed E-state index contributed by atoms with van der Waals surface area (Å²) in [5.74, 6) is 0.954. The van der Waals surface area contributed by atoms with E-state index in [0.29, 0.717) is 23.6 Å². The molecule has 0 saturated carbocycles. The molecule has 6 heteroatoms. The highest BCUT2D eigenvalue weighted by Crippen LogP contribution is 2.40. The number of nitrogen functional groups attached to an aromatic ring is 1. The van der Waals surface area contributed by atoms with Crippen LogP contribution in [-0.2, 0) is 16.1 Å². The summed E-state index contributed by atoms with van der Waals surface area (Å²) in [6, 6.07) is 4.02. The number of nitrogens with zero attached hydrogens (tertiary/aromatic N) is 3. The van der Waals surface area contributed by atoms with E-state index >= 15 is 0 Å². The van der Waals surface area contributed by atoms with Gasteiger partial charge in [0.2, 0.25) is 5.91 Å². The average Bonchev–Trinajstić information content (AvgIpc) is 3.15. The Hall–Kier alpha value is -1.66. The predicted octanol–water partition coefficient (Wildman–Crippen LogP) is 2.05. The molecule has 4 rings (SSSR count). The first-order valence-electron chi connectivity index (χ1n) is 9.95. The van der Waals surface area contributed by atoms with Gasteiger partial charge in [0, 0.05) is 44.4 Å². The van der Waals surface area contributed by atoms with Crippen LogP contribution >= 0.6 is 0 Å². The lowest BCUT2D eigenvalue weighted by Crippen LogP contribution is -2.52. The van der Waals surface area contributed by atoms with E-state index in [1.54, 1.807) is 6.20 Å². The van der Waals surface area contributed by atoms with Crippen LogP contribution in [0.4, 0.5) is 5.82 Å². The molecule has 1 aromatic heterocycles. The highest BCUT2D eigenvalue weighted by Gasteiger charge is 2.41. The van der Waals surface area contributed by atoms with Gasteiger partial charge < -0.3 is 15.4 Å². The van der Waals surface area contributed by atoms with Crippen LogP contribution in [0.15, 0.2) is 18.3 Å². The van der Waals surface area contributed by atoms with Crippen LogP contribution in [0.2, 0.25) is 0 Å². The molecule has 6 nitrogen and oxygen atoms in total. The number of carbonyl (C=O) groups excluding carboxylic acids is 1. The monoisotopic (exact) mass is 358 g/mol. The fourth-order valence-corrected chi connectivity index (χ4v) is 4.72. The van der Waals surface area contributed by atoms with Gasteiger partial charge in [-0.15, -0.1) is 0 Å². The van der Waals surface area contributed by atoms with Crippen LogP contribution in [0.5, 0.6) is 0 Å². The van der Waals surface area contributed by atoms with Crippen molar-refractivity contribution in [2.45, 2.75) is 51.2 Å². The summed E-state index contributed by atoms with van der Waals surface area (Å²) in [6.07, 6.45) is 8.26. The number of carbonyl (C=O) groups is 1. The number of ether oxygens (including phenoxy) is 1. The Kier molecular flexibility index (Phi) is 5.14. The van der Waals surface area contributed by atoms with Crippen LogP contribution < -0.4 is 5.73 Å². The third-order valence-electron chi connectivity index (χ3n) is 6.43. The van der Waals surface area contributed by atoms with E-state index in [1.807, 2.05) is 6.07 Å². The number of rotatable bonds is 4. The fraction of sp³-hybridized carbons (Fsp3) is 0.700. The van der Waals surface area contributed by atoms with Crippen LogP contribution in [-0.4, -0.2) is 59.6 Å². The Labute approximate surface area is 155 Å². The van der Waals surface area contributed by atoms with Crippen molar-refractivity contribution in [3.8, 4) is 0 Å². The minimum Gasteiger partial charge on any atom is -0.383 e. The molecule has 3 fully saturated rings. The molecule has 1 amide bonds. The molecular weight excluding hydrogens is 328 g/mol. The van der Waals surface area contributed by atoms with Crippen molar-refractivity contribution >= 4 is 11.7 Å². The van der Waals surface area contributed by atoms with Crippen molar-refractivity contribution in [1.82, 2.24) is 14.8 Å². The molecule has 142 valence electrons. The molecular formula is C20H30N4O2. The standard InChI is InChI=1S/C20H30N4O2/c21-19-16(3-1-9-22-19)13-23-10-7-20(8-11-23)6-5-18(25)24(15-20)14-17-4-2-12-26-17/h1,3,9,17H,2,4-8,10-15H2,(H2,21,22). The Bertz CT molecular complexity index is 636. The van der Waals surface area contributed by atoms with Gasteiger partial charge in [-0.25, -0.2) is 4.98 Å². The number of pyridine rings is 1. The van der Waals surface area contributed by atoms with E-state index in [4.69, 9.17) is 10.5 Å². The highest BCUT2D eigenvalue weighted by molar-refractivity contribution is 5.77. The van der Waals surface area contributed by atoms with E-state index in [1.165, 1.54) is 0 Å². The van der Waals surface area contributed by atoms with Gasteiger partial charge in [0.25, 0.3) is 0 Å². The van der Waals surface area contributed by atoms with Crippen molar-refractivity contribution in [2.24, 2.45) is 5.41 Å². The zero-order chi connectivity index (χ0) is 18.0. The number of hydrogen-bond donors (Lipinski definition) is 1. The zero-order valence-electron chi connectivity index (χ0n) is 15.5. The lowest BCUT2D eigenvalue weighted by atomic mass is 9.72. The average molecular weight is 358 g/mol. The number of anilines is 1. The van der Waals surface area contributed by atoms with Gasteiger partial charge in [0.05, 0.1) is 6.10 Å². The molecule has 1 unspecified atom stereocenters. The van der Waals surface area contributed by atoms with Gasteiger partial charge in [-0.1, -0.05) is 6.07 Å². The SMILES string of the molecule is Nc1ncccc1CN1CCC2(CCC(=O)N(CC3CCCO3)C2)CC1. The number of amides is 1. The molecule has 0 bridgehead atoms. The number of hydrogen-bond acceptors (Lipinski definition) is 5. The second-order valence-electron chi connectivity index (χ2n) is 8.23. The minimum absolute atomic E-state index is 0.253. The molecule has 3 aliphatic heterocycles. The van der Waals surface area contributed by atoms with Crippen LogP contribution in [0.1, 0.15) is 44.1 Å². The highest BCUT2D eigenvalue weighted by atomic mass is 16.5. The number of nitrogens with two attached hydrogens (primary N) is 1. The molecule has 4 heterocycles. The Morgan fingerprint density at radius 2 is 2.15 bits per heavy atom. The molecule has 3 aliphatic rings. The molecule has 1 spiro atoms. The maximum Gasteiger partial charge on any atom is 0.222 e. The smallest absolute Gasteiger partial charge is 0.222 e. The van der Waals surface area contributed by atoms with E-state index in [9.17, 15) is 4.79 Å². The molecule has 26 heavy (non-hydrogen) atoms. The zero-order valence-corrected chi connectivity index (χ0v) is 15.5. The second-order valence-corrected chi connectivity index (χ2v) is 8.23. The summed E-state index contributed by atoms with van der Waals surface area (Å²) in [6.45, 7) is 5.55. The summed E-state index contributed by atoms with van der Waals surface area (Å²) in [5.41, 5.74) is 7.40. The summed E-state index contributed by atoms with van der Waals surface area (Å²) in [4.78, 5) is 21.1. The number of aromatic nitrogens is 1. The third kappa shape index (κ3) is 3.86. The largest absolute Gasteiger partial charge is 0.383 e. The number of piperidine rings is 2. The lowest BCUT2D eigenvalue weighted by Gasteiger charge is -2.48. The third-order valence-corrected chi connectivity index (χ3v) is 6.43. The summed E-state index contributed by atoms with van der Waals surface area (Å²) in [7, 11) is 0. The van der Waals surface area contributed by atoms with Gasteiger partial charge >= 0.3 is 0 Å². The molecule has 1 atom stereocenters. The van der Waals surface area contributed by atoms with Gasteiger partial charge in [0.1, 0.15) is 5.82 Å². The fourth-order valence-electron chi connectivity index (χ4n) is 4.72. The summed E-state index contributed by atoms with van der Waals surface area (Å²) in [5, 5.41) is 0.